The maximum Gasteiger partial charge on any atom is 0.0205 e. The second-order valence-corrected chi connectivity index (χ2v) is 4.46. The first-order valence-electron chi connectivity index (χ1n) is 6.39. The molecule has 2 radical (unpaired) electrons. The Hall–Kier alpha value is -2.34. The van der Waals surface area contributed by atoms with Crippen molar-refractivity contribution in [3.63, 3.8) is 0 Å². The summed E-state index contributed by atoms with van der Waals surface area (Å²) in [4.78, 5) is 0. The molecule has 0 spiro atoms. The Kier molecular flexibility index (Phi) is 3.42. The fourth-order valence-corrected chi connectivity index (χ4v) is 2.11. The third kappa shape index (κ3) is 2.92. The zero-order chi connectivity index (χ0) is 12.9. The zero-order valence-electron chi connectivity index (χ0n) is 10.6. The molecule has 0 saturated carbocycles. The molecule has 0 unspecified atom stereocenters. The third-order valence-electron chi connectivity index (χ3n) is 3.04. The van der Waals surface area contributed by atoms with Gasteiger partial charge >= 0.3 is 0 Å². The van der Waals surface area contributed by atoms with Crippen molar-refractivity contribution in [2.45, 2.75) is 0 Å². The van der Waals surface area contributed by atoms with E-state index in [1.165, 1.54) is 16.7 Å². The largest absolute Gasteiger partial charge is 0.0622 e. The van der Waals surface area contributed by atoms with Crippen LogP contribution in [0.25, 0.3) is 11.6 Å². The minimum absolute atomic E-state index is 1.13. The first kappa shape index (κ1) is 11.7. The molecule has 0 atom stereocenters. The minimum atomic E-state index is 1.13. The van der Waals surface area contributed by atoms with Crippen LogP contribution in [-0.2, 0) is 0 Å². The molecule has 0 nitrogen and oxygen atoms in total. The van der Waals surface area contributed by atoms with E-state index in [-0.39, 0.29) is 0 Å². The summed E-state index contributed by atoms with van der Waals surface area (Å²) >= 11 is 0. The van der Waals surface area contributed by atoms with Gasteiger partial charge in [-0.25, -0.2) is 0 Å². The van der Waals surface area contributed by atoms with Gasteiger partial charge < -0.3 is 0 Å². The summed E-state index contributed by atoms with van der Waals surface area (Å²) in [5.74, 6) is 0. The van der Waals surface area contributed by atoms with E-state index in [0.717, 1.165) is 5.56 Å². The molecular weight excluding hydrogens is 228 g/mol. The van der Waals surface area contributed by atoms with Gasteiger partial charge in [-0.05, 0) is 28.3 Å². The van der Waals surface area contributed by atoms with Gasteiger partial charge in [-0.2, -0.15) is 0 Å². The predicted molar refractivity (Wildman–Crippen MR) is 81.1 cm³/mol. The molecule has 1 aliphatic carbocycles. The van der Waals surface area contributed by atoms with E-state index in [2.05, 4.69) is 67.1 Å². The lowest BCUT2D eigenvalue weighted by atomic mass is 9.93. The van der Waals surface area contributed by atoms with Crippen molar-refractivity contribution in [3.05, 3.63) is 102 Å². The fraction of sp³-hybridized carbons (Fsp3) is 0. The Morgan fingerprint density at radius 2 is 1.74 bits per heavy atom. The average Bonchev–Trinajstić information content (AvgIpc) is 2.49. The second-order valence-electron chi connectivity index (χ2n) is 4.46. The van der Waals surface area contributed by atoms with Crippen LogP contribution < -0.4 is 0 Å². The van der Waals surface area contributed by atoms with E-state index in [9.17, 15) is 0 Å². The van der Waals surface area contributed by atoms with Gasteiger partial charge in [-0.3, -0.25) is 0 Å². The zero-order valence-corrected chi connectivity index (χ0v) is 10.6. The van der Waals surface area contributed by atoms with Gasteiger partial charge in [0.05, 0.1) is 0 Å². The number of rotatable bonds is 2. The molecule has 0 aromatic heterocycles. The normalized spacial score (nSPS) is 16.4. The van der Waals surface area contributed by atoms with Crippen LogP contribution in [0.4, 0.5) is 0 Å². The highest BCUT2D eigenvalue weighted by atomic mass is 14.1. The molecular formula is C19H14. The molecule has 2 aromatic carbocycles. The summed E-state index contributed by atoms with van der Waals surface area (Å²) in [7, 11) is 0. The smallest absolute Gasteiger partial charge is 0.0205 e. The summed E-state index contributed by atoms with van der Waals surface area (Å²) < 4.78 is 0. The van der Waals surface area contributed by atoms with E-state index in [0.29, 0.717) is 0 Å². The predicted octanol–water partition coefficient (Wildman–Crippen LogP) is 4.73. The van der Waals surface area contributed by atoms with E-state index in [4.69, 9.17) is 0 Å². The lowest BCUT2D eigenvalue weighted by Crippen LogP contribution is -1.92. The molecule has 0 bridgehead atoms. The third-order valence-corrected chi connectivity index (χ3v) is 3.04. The Morgan fingerprint density at radius 3 is 2.53 bits per heavy atom. The number of hydrogen-bond acceptors (Lipinski definition) is 0. The Balaban J connectivity index is 1.85. The number of hydrogen-bond donors (Lipinski definition) is 0. The highest BCUT2D eigenvalue weighted by molar-refractivity contribution is 5.81. The van der Waals surface area contributed by atoms with Crippen molar-refractivity contribution in [2.75, 3.05) is 0 Å². The van der Waals surface area contributed by atoms with Crippen LogP contribution in [0.1, 0.15) is 11.1 Å². The molecule has 0 heteroatoms. The highest BCUT2D eigenvalue weighted by Gasteiger charge is 2.07. The second kappa shape index (κ2) is 5.53. The van der Waals surface area contributed by atoms with Gasteiger partial charge in [0, 0.05) is 6.42 Å². The van der Waals surface area contributed by atoms with E-state index < -0.39 is 0 Å². The molecule has 19 heavy (non-hydrogen) atoms. The molecule has 0 heterocycles. The van der Waals surface area contributed by atoms with Gasteiger partial charge in [0.2, 0.25) is 0 Å². The van der Waals surface area contributed by atoms with Crippen LogP contribution >= 0.6 is 0 Å². The average molecular weight is 242 g/mol. The standard InChI is InChI=1S/C19H14/c1-3-8-16(9-4-1)14-17-10-7-13-19(15-17)18-11-5-2-6-12-18/h1-11,13-15H. The van der Waals surface area contributed by atoms with Gasteiger partial charge in [0.1, 0.15) is 0 Å². The maximum absolute atomic E-state index is 3.26. The molecule has 3 rings (SSSR count). The van der Waals surface area contributed by atoms with Crippen LogP contribution in [0.2, 0.25) is 0 Å². The fourth-order valence-electron chi connectivity index (χ4n) is 2.11. The first-order valence-corrected chi connectivity index (χ1v) is 6.39. The lowest BCUT2D eigenvalue weighted by molar-refractivity contribution is 1.50. The Bertz CT molecular complexity index is 628. The van der Waals surface area contributed by atoms with Crippen LogP contribution in [0.3, 0.4) is 0 Å². The van der Waals surface area contributed by atoms with Crippen molar-refractivity contribution in [3.8, 4) is 0 Å². The molecule has 2 aromatic rings. The topological polar surface area (TPSA) is 0 Å². The lowest BCUT2D eigenvalue weighted by Gasteiger charge is -2.11. The summed E-state index contributed by atoms with van der Waals surface area (Å²) in [5.41, 5.74) is 4.76. The molecule has 0 N–H and O–H groups in total. The molecule has 0 fully saturated rings. The number of allylic oxidation sites excluding steroid dienone is 5. The summed E-state index contributed by atoms with van der Waals surface area (Å²) in [6, 6.07) is 21.7. The summed E-state index contributed by atoms with van der Waals surface area (Å²) in [5, 5.41) is 0. The number of benzene rings is 2. The van der Waals surface area contributed by atoms with Crippen molar-refractivity contribution < 1.29 is 0 Å². The Morgan fingerprint density at radius 1 is 0.895 bits per heavy atom. The van der Waals surface area contributed by atoms with Crippen LogP contribution in [0, 0.1) is 12.5 Å². The van der Waals surface area contributed by atoms with Crippen molar-refractivity contribution >= 4 is 11.6 Å². The minimum Gasteiger partial charge on any atom is -0.0622 e. The summed E-state index contributed by atoms with van der Waals surface area (Å²) in [6.45, 7) is 0. The van der Waals surface area contributed by atoms with Crippen LogP contribution in [-0.4, -0.2) is 0 Å². The van der Waals surface area contributed by atoms with E-state index in [1.54, 1.807) is 0 Å². The van der Waals surface area contributed by atoms with Gasteiger partial charge in [-0.15, -0.1) is 0 Å². The maximum atomic E-state index is 3.26. The van der Waals surface area contributed by atoms with Crippen LogP contribution in [0.15, 0.2) is 78.4 Å². The van der Waals surface area contributed by atoms with Crippen molar-refractivity contribution in [2.24, 2.45) is 0 Å². The van der Waals surface area contributed by atoms with Gasteiger partial charge in [0.15, 0.2) is 0 Å². The SMILES string of the molecule is [c]1ccccc1C1=CC=CC(=Cc2ccccc2)[CH]1. The summed E-state index contributed by atoms with van der Waals surface area (Å²) in [6.07, 6.45) is 10.7. The van der Waals surface area contributed by atoms with E-state index >= 15 is 0 Å². The molecule has 0 amide bonds. The van der Waals surface area contributed by atoms with Gasteiger partial charge in [0.25, 0.3) is 0 Å². The van der Waals surface area contributed by atoms with Crippen LogP contribution in [0.5, 0.6) is 0 Å². The van der Waals surface area contributed by atoms with Crippen molar-refractivity contribution in [1.29, 1.82) is 0 Å². The monoisotopic (exact) mass is 242 g/mol. The highest BCUT2D eigenvalue weighted by Crippen LogP contribution is 2.26. The van der Waals surface area contributed by atoms with Crippen molar-refractivity contribution in [1.82, 2.24) is 0 Å². The molecule has 90 valence electrons. The molecule has 1 aliphatic rings. The molecule has 0 aliphatic heterocycles. The van der Waals surface area contributed by atoms with E-state index in [1.807, 2.05) is 24.3 Å². The molecule has 0 saturated heterocycles. The Labute approximate surface area is 114 Å². The van der Waals surface area contributed by atoms with Gasteiger partial charge in [-0.1, -0.05) is 78.9 Å². The first-order chi connectivity index (χ1) is 9.42. The quantitative estimate of drug-likeness (QED) is 0.714.